The molecule has 0 bridgehead atoms. The van der Waals surface area contributed by atoms with E-state index >= 15 is 0 Å². The summed E-state index contributed by atoms with van der Waals surface area (Å²) in [6.07, 6.45) is 5.66. The topological polar surface area (TPSA) is 0 Å². The lowest BCUT2D eigenvalue weighted by atomic mass is 9.75. The summed E-state index contributed by atoms with van der Waals surface area (Å²) in [7, 11) is 0. The molecule has 0 heteroatoms. The maximum atomic E-state index is 2.41. The van der Waals surface area contributed by atoms with E-state index in [0.717, 1.165) is 11.8 Å². The Morgan fingerprint density at radius 2 is 1.79 bits per heavy atom. The minimum absolute atomic E-state index is 0.824. The van der Waals surface area contributed by atoms with Gasteiger partial charge in [-0.2, -0.15) is 0 Å². The first-order valence-corrected chi connectivity index (χ1v) is 5.84. The molecule has 0 aromatic heterocycles. The van der Waals surface area contributed by atoms with Gasteiger partial charge in [0.25, 0.3) is 0 Å². The number of hydrogen-bond donors (Lipinski definition) is 0. The fourth-order valence-electron chi connectivity index (χ4n) is 2.78. The van der Waals surface area contributed by atoms with Crippen LogP contribution in [-0.2, 0) is 0 Å². The Morgan fingerprint density at radius 1 is 1.07 bits per heavy atom. The van der Waals surface area contributed by atoms with Crippen molar-refractivity contribution in [3.63, 3.8) is 0 Å². The van der Waals surface area contributed by atoms with Crippen LogP contribution in [0.4, 0.5) is 0 Å². The third kappa shape index (κ3) is 1.84. The van der Waals surface area contributed by atoms with Crippen molar-refractivity contribution in [1.82, 2.24) is 0 Å². The second-order valence-electron chi connectivity index (χ2n) is 4.72. The number of hydrogen-bond acceptors (Lipinski definition) is 0. The summed E-state index contributed by atoms with van der Waals surface area (Å²) in [4.78, 5) is 0. The van der Waals surface area contributed by atoms with Crippen molar-refractivity contribution in [2.45, 2.75) is 45.4 Å². The molecule has 1 fully saturated rings. The zero-order valence-corrected chi connectivity index (χ0v) is 9.29. The van der Waals surface area contributed by atoms with Crippen LogP contribution in [-0.4, -0.2) is 0 Å². The predicted octanol–water partition coefficient (Wildman–Crippen LogP) is 4.29. The van der Waals surface area contributed by atoms with E-state index < -0.39 is 0 Å². The van der Waals surface area contributed by atoms with Crippen LogP contribution < -0.4 is 0 Å². The number of aryl methyl sites for hydroxylation is 1. The second kappa shape index (κ2) is 4.16. The van der Waals surface area contributed by atoms with Gasteiger partial charge in [0.15, 0.2) is 0 Å². The summed E-state index contributed by atoms with van der Waals surface area (Å²) in [5.41, 5.74) is 3.07. The summed E-state index contributed by atoms with van der Waals surface area (Å²) < 4.78 is 0. The summed E-state index contributed by atoms with van der Waals surface area (Å²) in [6.45, 7) is 4.66. The summed E-state index contributed by atoms with van der Waals surface area (Å²) in [6, 6.07) is 8.90. The molecule has 0 heterocycles. The Morgan fingerprint density at radius 3 is 2.50 bits per heavy atom. The Balaban J connectivity index is 2.25. The maximum Gasteiger partial charge on any atom is -0.0134 e. The molecule has 1 aliphatic carbocycles. The van der Waals surface area contributed by atoms with E-state index in [1.165, 1.54) is 31.2 Å². The van der Waals surface area contributed by atoms with Gasteiger partial charge in [0.2, 0.25) is 0 Å². The first-order valence-electron chi connectivity index (χ1n) is 5.84. The van der Waals surface area contributed by atoms with E-state index in [-0.39, 0.29) is 0 Å². The van der Waals surface area contributed by atoms with Crippen LogP contribution in [0, 0.1) is 12.8 Å². The lowest BCUT2D eigenvalue weighted by Crippen LogP contribution is -2.15. The molecule has 0 spiro atoms. The fourth-order valence-corrected chi connectivity index (χ4v) is 2.78. The van der Waals surface area contributed by atoms with Gasteiger partial charge >= 0.3 is 0 Å². The summed E-state index contributed by atoms with van der Waals surface area (Å²) in [5, 5.41) is 0. The van der Waals surface area contributed by atoms with Crippen molar-refractivity contribution in [1.29, 1.82) is 0 Å². The fraction of sp³-hybridized carbons (Fsp3) is 0.571. The van der Waals surface area contributed by atoms with Gasteiger partial charge in [-0.3, -0.25) is 0 Å². The number of benzene rings is 1. The van der Waals surface area contributed by atoms with Crippen LogP contribution in [0.2, 0.25) is 0 Å². The largest absolute Gasteiger partial charge is 0.0620 e. The Hall–Kier alpha value is -0.780. The van der Waals surface area contributed by atoms with Crippen LogP contribution in [0.25, 0.3) is 0 Å². The molecular weight excluding hydrogens is 168 g/mol. The highest BCUT2D eigenvalue weighted by Crippen LogP contribution is 2.38. The molecule has 0 saturated heterocycles. The Labute approximate surface area is 87.3 Å². The molecule has 1 aromatic carbocycles. The molecule has 0 radical (unpaired) electrons. The summed E-state index contributed by atoms with van der Waals surface area (Å²) in [5.74, 6) is 1.70. The van der Waals surface area contributed by atoms with Gasteiger partial charge in [0.1, 0.15) is 0 Å². The van der Waals surface area contributed by atoms with Gasteiger partial charge in [-0.05, 0) is 36.3 Å². The molecule has 0 amide bonds. The first kappa shape index (κ1) is 9.76. The SMILES string of the molecule is Cc1ccccc1[C@@H]1CCCC[C@@H]1C. The maximum absolute atomic E-state index is 2.41. The highest BCUT2D eigenvalue weighted by molar-refractivity contribution is 5.29. The molecule has 1 aliphatic rings. The minimum atomic E-state index is 0.824. The molecule has 0 nitrogen and oxygen atoms in total. The highest BCUT2D eigenvalue weighted by atomic mass is 14.3. The van der Waals surface area contributed by atoms with Gasteiger partial charge in [0, 0.05) is 0 Å². The van der Waals surface area contributed by atoms with Crippen molar-refractivity contribution in [3.8, 4) is 0 Å². The van der Waals surface area contributed by atoms with E-state index in [4.69, 9.17) is 0 Å². The van der Waals surface area contributed by atoms with E-state index in [0.29, 0.717) is 0 Å². The van der Waals surface area contributed by atoms with E-state index in [1.54, 1.807) is 5.56 Å². The van der Waals surface area contributed by atoms with E-state index in [2.05, 4.69) is 38.1 Å². The average molecular weight is 188 g/mol. The molecule has 0 unspecified atom stereocenters. The van der Waals surface area contributed by atoms with Crippen LogP contribution in [0.15, 0.2) is 24.3 Å². The van der Waals surface area contributed by atoms with Gasteiger partial charge in [-0.1, -0.05) is 50.5 Å². The van der Waals surface area contributed by atoms with Crippen LogP contribution >= 0.6 is 0 Å². The van der Waals surface area contributed by atoms with Crippen molar-refractivity contribution < 1.29 is 0 Å². The normalized spacial score (nSPS) is 27.6. The van der Waals surface area contributed by atoms with E-state index in [9.17, 15) is 0 Å². The first-order chi connectivity index (χ1) is 6.79. The smallest absolute Gasteiger partial charge is 0.0134 e. The zero-order chi connectivity index (χ0) is 9.97. The average Bonchev–Trinajstić information content (AvgIpc) is 2.20. The predicted molar refractivity (Wildman–Crippen MR) is 61.6 cm³/mol. The third-order valence-electron chi connectivity index (χ3n) is 3.70. The number of rotatable bonds is 1. The molecule has 2 rings (SSSR count). The van der Waals surface area contributed by atoms with Crippen LogP contribution in [0.1, 0.15) is 49.7 Å². The standard InChI is InChI=1S/C14H20/c1-11-7-3-5-9-13(11)14-10-6-4-8-12(14)2/h3,5,7,9,12,14H,4,6,8,10H2,1-2H3/t12-,14+/m0/s1. The van der Waals surface area contributed by atoms with Crippen LogP contribution in [0.5, 0.6) is 0 Å². The Kier molecular flexibility index (Phi) is 2.90. The van der Waals surface area contributed by atoms with Gasteiger partial charge in [-0.25, -0.2) is 0 Å². The molecule has 1 saturated carbocycles. The molecule has 1 aromatic rings. The van der Waals surface area contributed by atoms with Crippen molar-refractivity contribution in [2.75, 3.05) is 0 Å². The second-order valence-corrected chi connectivity index (χ2v) is 4.72. The molecular formula is C14H20. The quantitative estimate of drug-likeness (QED) is 0.616. The molecule has 2 atom stereocenters. The molecule has 76 valence electrons. The monoisotopic (exact) mass is 188 g/mol. The van der Waals surface area contributed by atoms with Gasteiger partial charge in [-0.15, -0.1) is 0 Å². The van der Waals surface area contributed by atoms with Crippen molar-refractivity contribution in [3.05, 3.63) is 35.4 Å². The highest BCUT2D eigenvalue weighted by Gasteiger charge is 2.23. The van der Waals surface area contributed by atoms with Crippen molar-refractivity contribution >= 4 is 0 Å². The lowest BCUT2D eigenvalue weighted by Gasteiger charge is -2.30. The molecule has 0 aliphatic heterocycles. The van der Waals surface area contributed by atoms with Crippen molar-refractivity contribution in [2.24, 2.45) is 5.92 Å². The zero-order valence-electron chi connectivity index (χ0n) is 9.29. The Bertz CT molecular complexity index is 301. The lowest BCUT2D eigenvalue weighted by molar-refractivity contribution is 0.330. The molecule has 0 N–H and O–H groups in total. The van der Waals surface area contributed by atoms with Gasteiger partial charge in [0.05, 0.1) is 0 Å². The van der Waals surface area contributed by atoms with Gasteiger partial charge < -0.3 is 0 Å². The summed E-state index contributed by atoms with van der Waals surface area (Å²) >= 11 is 0. The third-order valence-corrected chi connectivity index (χ3v) is 3.70. The molecule has 14 heavy (non-hydrogen) atoms. The minimum Gasteiger partial charge on any atom is -0.0620 e. The van der Waals surface area contributed by atoms with Crippen LogP contribution in [0.3, 0.4) is 0 Å². The van der Waals surface area contributed by atoms with E-state index in [1.807, 2.05) is 0 Å².